The van der Waals surface area contributed by atoms with Gasteiger partial charge in [-0.2, -0.15) is 10.5 Å². The number of carbonyl (C=O) groups is 1. The van der Waals surface area contributed by atoms with Crippen molar-refractivity contribution in [2.45, 2.75) is 18.5 Å². The molecule has 1 fully saturated rings. The van der Waals surface area contributed by atoms with Crippen molar-refractivity contribution in [2.75, 3.05) is 27.4 Å². The van der Waals surface area contributed by atoms with E-state index < -0.39 is 5.91 Å². The van der Waals surface area contributed by atoms with Crippen LogP contribution in [0.4, 0.5) is 0 Å². The van der Waals surface area contributed by atoms with Crippen LogP contribution in [0.5, 0.6) is 5.75 Å². The summed E-state index contributed by atoms with van der Waals surface area (Å²) in [6.45, 7) is 0.819. The van der Waals surface area contributed by atoms with Crippen LogP contribution in [0, 0.1) is 22.8 Å². The highest BCUT2D eigenvalue weighted by atomic mass is 16.5. The minimum absolute atomic E-state index is 0.0709. The van der Waals surface area contributed by atoms with Crippen LogP contribution in [0.15, 0.2) is 28.8 Å². The molecule has 1 aliphatic rings. The number of ether oxygens (including phenoxy) is 2. The van der Waals surface area contributed by atoms with E-state index in [1.807, 2.05) is 0 Å². The molecule has 3 rings (SSSR count). The summed E-state index contributed by atoms with van der Waals surface area (Å²) in [5.74, 6) is 0.257. The molecule has 0 bridgehead atoms. The topological polar surface area (TPSA) is 124 Å². The Kier molecular flexibility index (Phi) is 5.78. The average molecular weight is 381 g/mol. The summed E-state index contributed by atoms with van der Waals surface area (Å²) in [7, 11) is 3.08. The van der Waals surface area contributed by atoms with Crippen molar-refractivity contribution in [3.05, 3.63) is 35.9 Å². The highest BCUT2D eigenvalue weighted by Gasteiger charge is 2.33. The first kappa shape index (κ1) is 19.2. The predicted octanol–water partition coefficient (Wildman–Crippen LogP) is 1.52. The predicted molar refractivity (Wildman–Crippen MR) is 97.1 cm³/mol. The second-order valence-electron chi connectivity index (χ2n) is 6.32. The number of hydrogen-bond acceptors (Lipinski definition) is 8. The van der Waals surface area contributed by atoms with E-state index in [0.717, 1.165) is 0 Å². The van der Waals surface area contributed by atoms with Gasteiger partial charge in [-0.05, 0) is 24.6 Å². The molecule has 2 aromatic rings. The maximum absolute atomic E-state index is 12.5. The number of nitriles is 2. The fourth-order valence-corrected chi connectivity index (χ4v) is 3.21. The third kappa shape index (κ3) is 3.90. The minimum atomic E-state index is -0.470. The van der Waals surface area contributed by atoms with Crippen LogP contribution in [-0.4, -0.2) is 55.2 Å². The summed E-state index contributed by atoms with van der Waals surface area (Å²) in [6.07, 6.45) is 4.12. The number of rotatable bonds is 6. The number of likely N-dealkylation sites (tertiary alicyclic amines) is 1. The molecule has 1 aliphatic heterocycles. The van der Waals surface area contributed by atoms with Crippen molar-refractivity contribution in [1.82, 2.24) is 15.2 Å². The Labute approximate surface area is 162 Å². The molecule has 1 aromatic carbocycles. The van der Waals surface area contributed by atoms with E-state index in [1.54, 1.807) is 30.2 Å². The van der Waals surface area contributed by atoms with Crippen molar-refractivity contribution >= 4 is 5.91 Å². The quantitative estimate of drug-likeness (QED) is 0.747. The molecule has 9 heteroatoms. The fraction of sp³-hybridized carbons (Fsp3) is 0.368. The summed E-state index contributed by atoms with van der Waals surface area (Å²) in [5.41, 5.74) is 0.967. The van der Waals surface area contributed by atoms with E-state index in [1.165, 1.54) is 13.3 Å². The number of carbonyl (C=O) groups excluding carboxylic acids is 1. The molecule has 1 saturated heterocycles. The molecule has 0 saturated carbocycles. The van der Waals surface area contributed by atoms with Gasteiger partial charge in [-0.3, -0.25) is 4.79 Å². The molecule has 1 N–H and O–H groups in total. The Morgan fingerprint density at radius 2 is 2.25 bits per heavy atom. The zero-order valence-electron chi connectivity index (χ0n) is 15.5. The number of amides is 1. The number of nitrogens with one attached hydrogen (secondary N) is 1. The molecular weight excluding hydrogens is 362 g/mol. The van der Waals surface area contributed by atoms with Gasteiger partial charge in [0.25, 0.3) is 5.89 Å². The molecule has 144 valence electrons. The summed E-state index contributed by atoms with van der Waals surface area (Å²) in [6, 6.07) is 6.66. The Balaban J connectivity index is 1.74. The lowest BCUT2D eigenvalue weighted by atomic mass is 10.1. The Morgan fingerprint density at radius 1 is 1.43 bits per heavy atom. The van der Waals surface area contributed by atoms with Gasteiger partial charge in [-0.1, -0.05) is 0 Å². The molecule has 0 unspecified atom stereocenters. The van der Waals surface area contributed by atoms with E-state index in [0.29, 0.717) is 42.2 Å². The van der Waals surface area contributed by atoms with Gasteiger partial charge in [-0.25, -0.2) is 4.98 Å². The summed E-state index contributed by atoms with van der Waals surface area (Å²) < 4.78 is 16.0. The lowest BCUT2D eigenvalue weighted by molar-refractivity contribution is 0.0904. The number of methoxy groups -OCH3 is 2. The van der Waals surface area contributed by atoms with Crippen LogP contribution >= 0.6 is 0 Å². The lowest BCUT2D eigenvalue weighted by Gasteiger charge is -2.15. The fourth-order valence-electron chi connectivity index (χ4n) is 3.21. The molecule has 0 aliphatic carbocycles. The summed E-state index contributed by atoms with van der Waals surface area (Å²) >= 11 is 0. The number of hydrogen-bond donors (Lipinski definition) is 1. The van der Waals surface area contributed by atoms with E-state index in [4.69, 9.17) is 19.2 Å². The average Bonchev–Trinajstić information content (AvgIpc) is 3.35. The largest absolute Gasteiger partial charge is 0.496 e. The first-order valence-electron chi connectivity index (χ1n) is 8.60. The second-order valence-corrected chi connectivity index (χ2v) is 6.32. The smallest absolute Gasteiger partial charge is 0.307 e. The minimum Gasteiger partial charge on any atom is -0.496 e. The third-order valence-electron chi connectivity index (χ3n) is 4.53. The standard InChI is InChI=1S/C19H19N5O4/c1-26-10-14-6-13(9-24(14)11-21)23-18(25)19-22-8-17(28-19)15-5-12(7-20)3-4-16(15)27-2/h3-5,8,13-14H,6,9-10H2,1-2H3,(H,23,25)/t13-,14+/m1/s1. The normalized spacial score (nSPS) is 18.4. The molecular formula is C19H19N5O4. The van der Waals surface area contributed by atoms with Crippen molar-refractivity contribution in [1.29, 1.82) is 10.5 Å². The number of aromatic nitrogens is 1. The Morgan fingerprint density at radius 3 is 2.93 bits per heavy atom. The lowest BCUT2D eigenvalue weighted by Crippen LogP contribution is -2.36. The Bertz CT molecular complexity index is 943. The van der Waals surface area contributed by atoms with Gasteiger partial charge < -0.3 is 24.1 Å². The molecule has 2 heterocycles. The van der Waals surface area contributed by atoms with Crippen molar-refractivity contribution < 1.29 is 18.7 Å². The van der Waals surface area contributed by atoms with Crippen molar-refractivity contribution in [3.8, 4) is 29.3 Å². The van der Waals surface area contributed by atoms with Crippen LogP contribution in [0.3, 0.4) is 0 Å². The van der Waals surface area contributed by atoms with E-state index in [-0.39, 0.29) is 18.0 Å². The zero-order chi connectivity index (χ0) is 20.1. The number of benzene rings is 1. The van der Waals surface area contributed by atoms with Gasteiger partial charge in [-0.15, -0.1) is 0 Å². The first-order valence-corrected chi connectivity index (χ1v) is 8.60. The van der Waals surface area contributed by atoms with Gasteiger partial charge in [0, 0.05) is 19.7 Å². The highest BCUT2D eigenvalue weighted by Crippen LogP contribution is 2.31. The maximum atomic E-state index is 12.5. The van der Waals surface area contributed by atoms with Crippen molar-refractivity contribution in [3.63, 3.8) is 0 Å². The summed E-state index contributed by atoms with van der Waals surface area (Å²) in [4.78, 5) is 18.1. The zero-order valence-corrected chi connectivity index (χ0v) is 15.5. The van der Waals surface area contributed by atoms with Crippen LogP contribution in [0.25, 0.3) is 11.3 Å². The van der Waals surface area contributed by atoms with Gasteiger partial charge in [0.2, 0.25) is 0 Å². The first-order chi connectivity index (χ1) is 13.6. The molecule has 2 atom stereocenters. The highest BCUT2D eigenvalue weighted by molar-refractivity contribution is 5.90. The molecule has 0 spiro atoms. The van der Waals surface area contributed by atoms with Gasteiger partial charge in [0.1, 0.15) is 5.75 Å². The Hall–Kier alpha value is -3.56. The van der Waals surface area contributed by atoms with Crippen LogP contribution in [0.1, 0.15) is 22.7 Å². The SMILES string of the molecule is COC[C@@H]1C[C@@H](NC(=O)c2ncc(-c3cc(C#N)ccc3OC)o2)CN1C#N. The van der Waals surface area contributed by atoms with Crippen LogP contribution < -0.4 is 10.1 Å². The van der Waals surface area contributed by atoms with Crippen molar-refractivity contribution in [2.24, 2.45) is 0 Å². The van der Waals surface area contributed by atoms with E-state index in [2.05, 4.69) is 22.6 Å². The van der Waals surface area contributed by atoms with Gasteiger partial charge in [0.15, 0.2) is 12.0 Å². The van der Waals surface area contributed by atoms with Gasteiger partial charge in [0.05, 0.1) is 43.2 Å². The van der Waals surface area contributed by atoms with E-state index in [9.17, 15) is 10.1 Å². The van der Waals surface area contributed by atoms with Crippen LogP contribution in [-0.2, 0) is 4.74 Å². The monoisotopic (exact) mass is 381 g/mol. The molecule has 1 aromatic heterocycles. The maximum Gasteiger partial charge on any atom is 0.307 e. The van der Waals surface area contributed by atoms with Crippen LogP contribution in [0.2, 0.25) is 0 Å². The molecule has 28 heavy (non-hydrogen) atoms. The number of nitrogens with zero attached hydrogens (tertiary/aromatic N) is 4. The van der Waals surface area contributed by atoms with E-state index >= 15 is 0 Å². The molecule has 9 nitrogen and oxygen atoms in total. The third-order valence-corrected chi connectivity index (χ3v) is 4.53. The second kappa shape index (κ2) is 8.42. The molecule has 0 radical (unpaired) electrons. The van der Waals surface area contributed by atoms with Gasteiger partial charge >= 0.3 is 5.91 Å². The molecule has 1 amide bonds. The summed E-state index contributed by atoms with van der Waals surface area (Å²) in [5, 5.41) is 21.1. The number of oxazole rings is 1.